The number of thiophene rings is 1. The molecule has 4 aromatic rings. The van der Waals surface area contributed by atoms with Crippen LogP contribution in [0.15, 0.2) is 65.7 Å². The first kappa shape index (κ1) is 24.1. The summed E-state index contributed by atoms with van der Waals surface area (Å²) in [7, 11) is 3.73. The van der Waals surface area contributed by atoms with Gasteiger partial charge in [-0.05, 0) is 42.9 Å². The molecular weight excluding hydrogens is 472 g/mol. The number of aliphatic hydroxyl groups is 1. The van der Waals surface area contributed by atoms with Crippen LogP contribution in [0.25, 0.3) is 10.2 Å². The third-order valence-electron chi connectivity index (χ3n) is 5.45. The van der Waals surface area contributed by atoms with E-state index < -0.39 is 12.0 Å². The van der Waals surface area contributed by atoms with Crippen LogP contribution < -0.4 is 10.7 Å². The molecule has 0 aliphatic rings. The van der Waals surface area contributed by atoms with Gasteiger partial charge in [0.15, 0.2) is 0 Å². The number of hydrogen-bond donors (Lipinski definition) is 2. The number of benzene rings is 1. The number of nitrogens with zero attached hydrogens (tertiary/aromatic N) is 3. The highest BCUT2D eigenvalue weighted by Gasteiger charge is 2.18. The van der Waals surface area contributed by atoms with E-state index in [1.54, 1.807) is 30.6 Å². The van der Waals surface area contributed by atoms with Gasteiger partial charge in [0.25, 0.3) is 5.91 Å². The summed E-state index contributed by atoms with van der Waals surface area (Å²) in [5.41, 5.74) is 1.32. The van der Waals surface area contributed by atoms with Crippen molar-refractivity contribution < 1.29 is 9.90 Å². The molecule has 0 aliphatic carbocycles. The Morgan fingerprint density at radius 3 is 2.74 bits per heavy atom. The molecule has 2 N–H and O–H groups in total. The monoisotopic (exact) mass is 496 g/mol. The van der Waals surface area contributed by atoms with Crippen LogP contribution in [0.2, 0.25) is 5.02 Å². The molecule has 1 atom stereocenters. The van der Waals surface area contributed by atoms with Gasteiger partial charge in [0.05, 0.1) is 11.1 Å². The first-order valence-electron chi connectivity index (χ1n) is 10.7. The second-order valence-electron chi connectivity index (χ2n) is 8.19. The number of amides is 1. The second-order valence-corrected chi connectivity index (χ2v) is 9.74. The van der Waals surface area contributed by atoms with Gasteiger partial charge in [0.1, 0.15) is 16.5 Å². The quantitative estimate of drug-likeness (QED) is 0.388. The van der Waals surface area contributed by atoms with Crippen molar-refractivity contribution in [3.05, 3.63) is 97.9 Å². The van der Waals surface area contributed by atoms with Gasteiger partial charge in [-0.1, -0.05) is 29.8 Å². The molecule has 0 aliphatic heterocycles. The van der Waals surface area contributed by atoms with Crippen molar-refractivity contribution in [3.8, 4) is 0 Å². The van der Waals surface area contributed by atoms with Crippen molar-refractivity contribution >= 4 is 39.1 Å². The largest absolute Gasteiger partial charge is 0.385 e. The van der Waals surface area contributed by atoms with Crippen molar-refractivity contribution in [1.82, 2.24) is 19.8 Å². The lowest BCUT2D eigenvalue weighted by Gasteiger charge is -2.19. The standard InChI is InChI=1S/C25H25ClN4O3S/c1-29(15-22(31)21-5-3-4-10-27-21)13-18-11-19-23(32)20(14-30(2)25(19)34-18)24(33)28-12-16-6-8-17(26)9-7-16/h3-11,14,22,31H,12-13,15H2,1-2H3,(H,28,33)/t22-/m1/s1. The van der Waals surface area contributed by atoms with Crippen LogP contribution in [0.3, 0.4) is 0 Å². The molecule has 9 heteroatoms. The number of carbonyl (C=O) groups excluding carboxylic acids is 1. The van der Waals surface area contributed by atoms with Gasteiger partial charge in [-0.2, -0.15) is 0 Å². The summed E-state index contributed by atoms with van der Waals surface area (Å²) in [6.45, 7) is 1.26. The number of likely N-dealkylation sites (N-methyl/N-ethyl adjacent to an activating group) is 1. The van der Waals surface area contributed by atoms with E-state index >= 15 is 0 Å². The fraction of sp³-hybridized carbons (Fsp3) is 0.240. The van der Waals surface area contributed by atoms with E-state index in [0.717, 1.165) is 15.3 Å². The fourth-order valence-corrected chi connectivity index (χ4v) is 5.02. The van der Waals surface area contributed by atoms with Gasteiger partial charge >= 0.3 is 0 Å². The molecule has 3 aromatic heterocycles. The molecule has 34 heavy (non-hydrogen) atoms. The van der Waals surface area contributed by atoms with E-state index in [2.05, 4.69) is 10.3 Å². The topological polar surface area (TPSA) is 87.5 Å². The maximum Gasteiger partial charge on any atom is 0.257 e. The minimum absolute atomic E-state index is 0.104. The number of nitrogens with one attached hydrogen (secondary N) is 1. The zero-order valence-corrected chi connectivity index (χ0v) is 20.4. The lowest BCUT2D eigenvalue weighted by molar-refractivity contribution is 0.0949. The van der Waals surface area contributed by atoms with E-state index in [9.17, 15) is 14.7 Å². The van der Waals surface area contributed by atoms with E-state index in [1.165, 1.54) is 11.3 Å². The Bertz CT molecular complexity index is 1350. The molecule has 3 heterocycles. The molecule has 0 saturated carbocycles. The maximum atomic E-state index is 13.1. The van der Waals surface area contributed by atoms with Crippen LogP contribution >= 0.6 is 22.9 Å². The first-order valence-corrected chi connectivity index (χ1v) is 11.9. The van der Waals surface area contributed by atoms with E-state index in [1.807, 2.05) is 53.9 Å². The summed E-state index contributed by atoms with van der Waals surface area (Å²) in [6.07, 6.45) is 2.53. The Morgan fingerprint density at radius 2 is 2.03 bits per heavy atom. The van der Waals surface area contributed by atoms with Gasteiger partial charge in [0.2, 0.25) is 5.43 Å². The predicted molar refractivity (Wildman–Crippen MR) is 135 cm³/mol. The molecule has 0 radical (unpaired) electrons. The summed E-state index contributed by atoms with van der Waals surface area (Å²) in [4.78, 5) is 33.8. The van der Waals surface area contributed by atoms with E-state index in [0.29, 0.717) is 35.7 Å². The van der Waals surface area contributed by atoms with Crippen molar-refractivity contribution in [2.45, 2.75) is 19.2 Å². The summed E-state index contributed by atoms with van der Waals surface area (Å²) >= 11 is 7.40. The highest BCUT2D eigenvalue weighted by Crippen LogP contribution is 2.25. The third kappa shape index (κ3) is 5.53. The van der Waals surface area contributed by atoms with Crippen LogP contribution in [-0.4, -0.2) is 39.1 Å². The van der Waals surface area contributed by atoms with Gasteiger partial charge in [-0.3, -0.25) is 19.5 Å². The SMILES string of the molecule is CN(Cc1cc2c(=O)c(C(=O)NCc3ccc(Cl)cc3)cn(C)c2s1)C[C@@H](O)c1ccccn1. The highest BCUT2D eigenvalue weighted by molar-refractivity contribution is 7.18. The van der Waals surface area contributed by atoms with E-state index in [-0.39, 0.29) is 11.0 Å². The van der Waals surface area contributed by atoms with Crippen molar-refractivity contribution in [1.29, 1.82) is 0 Å². The molecule has 0 fully saturated rings. The minimum atomic E-state index is -0.706. The molecule has 1 amide bonds. The molecule has 7 nitrogen and oxygen atoms in total. The van der Waals surface area contributed by atoms with Crippen LogP contribution in [0, 0.1) is 0 Å². The number of carbonyl (C=O) groups is 1. The molecule has 0 unspecified atom stereocenters. The average Bonchev–Trinajstić information content (AvgIpc) is 3.26. The molecule has 0 bridgehead atoms. The molecule has 1 aromatic carbocycles. The summed E-state index contributed by atoms with van der Waals surface area (Å²) < 4.78 is 1.81. The Morgan fingerprint density at radius 1 is 1.26 bits per heavy atom. The van der Waals surface area contributed by atoms with Crippen LogP contribution in [0.5, 0.6) is 0 Å². The molecular formula is C25H25ClN4O3S. The Hall–Kier alpha value is -3.04. The Kier molecular flexibility index (Phi) is 7.43. The summed E-state index contributed by atoms with van der Waals surface area (Å²) in [6, 6.07) is 14.5. The lowest BCUT2D eigenvalue weighted by Crippen LogP contribution is -2.29. The van der Waals surface area contributed by atoms with Crippen molar-refractivity contribution in [3.63, 3.8) is 0 Å². The van der Waals surface area contributed by atoms with E-state index in [4.69, 9.17) is 11.6 Å². The second kappa shape index (κ2) is 10.5. The van der Waals surface area contributed by atoms with Gasteiger partial charge < -0.3 is 15.0 Å². The normalized spacial score (nSPS) is 12.3. The number of fused-ring (bicyclic) bond motifs is 1. The van der Waals surface area contributed by atoms with Gasteiger partial charge in [-0.25, -0.2) is 0 Å². The number of pyridine rings is 2. The summed E-state index contributed by atoms with van der Waals surface area (Å²) in [5, 5.41) is 14.4. The molecule has 4 rings (SSSR count). The van der Waals surface area contributed by atoms with Crippen LogP contribution in [-0.2, 0) is 20.1 Å². The number of hydrogen-bond acceptors (Lipinski definition) is 6. The predicted octanol–water partition coefficient (Wildman–Crippen LogP) is 3.74. The minimum Gasteiger partial charge on any atom is -0.385 e. The number of halogens is 1. The number of aliphatic hydroxyl groups excluding tert-OH is 1. The highest BCUT2D eigenvalue weighted by atomic mass is 35.5. The molecule has 0 saturated heterocycles. The fourth-order valence-electron chi connectivity index (χ4n) is 3.72. The summed E-state index contributed by atoms with van der Waals surface area (Å²) in [5.74, 6) is -0.416. The number of aryl methyl sites for hydroxylation is 1. The zero-order chi connectivity index (χ0) is 24.2. The van der Waals surface area contributed by atoms with Crippen LogP contribution in [0.4, 0.5) is 0 Å². The van der Waals surface area contributed by atoms with Gasteiger partial charge in [0, 0.05) is 49.0 Å². The Labute approximate surface area is 206 Å². The van der Waals surface area contributed by atoms with Crippen molar-refractivity contribution in [2.24, 2.45) is 7.05 Å². The first-order chi connectivity index (χ1) is 16.3. The molecule has 176 valence electrons. The third-order valence-corrected chi connectivity index (χ3v) is 6.91. The number of aromatic nitrogens is 2. The van der Waals surface area contributed by atoms with Gasteiger partial charge in [-0.15, -0.1) is 11.3 Å². The zero-order valence-electron chi connectivity index (χ0n) is 18.9. The maximum absolute atomic E-state index is 13.1. The number of rotatable bonds is 8. The lowest BCUT2D eigenvalue weighted by atomic mass is 10.2. The molecule has 0 spiro atoms. The smallest absolute Gasteiger partial charge is 0.257 e. The Balaban J connectivity index is 1.48. The van der Waals surface area contributed by atoms with Crippen LogP contribution in [0.1, 0.15) is 32.6 Å². The van der Waals surface area contributed by atoms with Crippen molar-refractivity contribution in [2.75, 3.05) is 13.6 Å². The average molecular weight is 497 g/mol.